The summed E-state index contributed by atoms with van der Waals surface area (Å²) in [4.78, 5) is 30.7. The summed E-state index contributed by atoms with van der Waals surface area (Å²) in [7, 11) is 0. The van der Waals surface area contributed by atoms with Crippen LogP contribution in [0.5, 0.6) is 0 Å². The Morgan fingerprint density at radius 1 is 1.37 bits per heavy atom. The molecular formula is C20H25N3O3S. The van der Waals surface area contributed by atoms with Gasteiger partial charge in [-0.1, -0.05) is 23.8 Å². The van der Waals surface area contributed by atoms with Gasteiger partial charge in [0.05, 0.1) is 18.2 Å². The van der Waals surface area contributed by atoms with Crippen molar-refractivity contribution in [1.82, 2.24) is 9.88 Å². The van der Waals surface area contributed by atoms with Crippen molar-refractivity contribution < 1.29 is 14.3 Å². The molecule has 0 aliphatic carbocycles. The quantitative estimate of drug-likeness (QED) is 0.852. The first-order valence-electron chi connectivity index (χ1n) is 9.23. The van der Waals surface area contributed by atoms with E-state index in [1.165, 1.54) is 16.9 Å². The Labute approximate surface area is 163 Å². The molecule has 1 N–H and O–H groups in total. The van der Waals surface area contributed by atoms with Gasteiger partial charge in [0.1, 0.15) is 0 Å². The number of carbonyl (C=O) groups is 2. The average Bonchev–Trinajstić information content (AvgIpc) is 3.10. The van der Waals surface area contributed by atoms with Gasteiger partial charge in [-0.25, -0.2) is 9.78 Å². The topological polar surface area (TPSA) is 71.5 Å². The van der Waals surface area contributed by atoms with Crippen LogP contribution in [0.25, 0.3) is 11.3 Å². The molecule has 7 heteroatoms. The number of aryl methyl sites for hydroxylation is 2. The van der Waals surface area contributed by atoms with E-state index in [4.69, 9.17) is 4.74 Å². The number of hydrogen-bond donors (Lipinski definition) is 1. The zero-order valence-electron chi connectivity index (χ0n) is 15.9. The lowest BCUT2D eigenvalue weighted by molar-refractivity contribution is -0.121. The average molecular weight is 388 g/mol. The molecule has 0 spiro atoms. The molecule has 27 heavy (non-hydrogen) atoms. The lowest BCUT2D eigenvalue weighted by Crippen LogP contribution is -2.44. The number of amides is 2. The molecule has 2 heterocycles. The van der Waals surface area contributed by atoms with E-state index in [0.29, 0.717) is 24.8 Å². The highest BCUT2D eigenvalue weighted by Crippen LogP contribution is 2.28. The minimum absolute atomic E-state index is 0.0921. The van der Waals surface area contributed by atoms with Crippen LogP contribution in [0.3, 0.4) is 0 Å². The van der Waals surface area contributed by atoms with Crippen LogP contribution in [0.4, 0.5) is 9.93 Å². The van der Waals surface area contributed by atoms with Gasteiger partial charge in [-0.15, -0.1) is 11.3 Å². The molecule has 1 atom stereocenters. The molecule has 2 aromatic rings. The summed E-state index contributed by atoms with van der Waals surface area (Å²) in [6.07, 6.45) is 1.21. The molecule has 2 amide bonds. The molecule has 144 valence electrons. The molecular weight excluding hydrogens is 362 g/mol. The second-order valence-electron chi connectivity index (χ2n) is 6.83. The third-order valence-electron chi connectivity index (χ3n) is 4.71. The van der Waals surface area contributed by atoms with E-state index >= 15 is 0 Å². The third-order valence-corrected chi connectivity index (χ3v) is 5.47. The summed E-state index contributed by atoms with van der Waals surface area (Å²) in [6.45, 7) is 7.27. The van der Waals surface area contributed by atoms with E-state index in [0.717, 1.165) is 29.7 Å². The lowest BCUT2D eigenvalue weighted by atomic mass is 9.97. The molecule has 0 bridgehead atoms. The second-order valence-corrected chi connectivity index (χ2v) is 7.69. The van der Waals surface area contributed by atoms with E-state index in [1.54, 1.807) is 11.8 Å². The molecule has 1 aliphatic rings. The standard InChI is InChI=1S/C20H25N3O3S/c1-4-26-20(25)23-9-5-6-15(11-23)18(24)22-19-21-17(12-27-19)16-8-7-13(2)10-14(16)3/h7-8,10,12,15H,4-6,9,11H2,1-3H3,(H,21,22,24). The molecule has 1 fully saturated rings. The van der Waals surface area contributed by atoms with Crippen molar-refractivity contribution in [3.63, 3.8) is 0 Å². The predicted molar refractivity (Wildman–Crippen MR) is 107 cm³/mol. The van der Waals surface area contributed by atoms with Crippen LogP contribution < -0.4 is 5.32 Å². The van der Waals surface area contributed by atoms with E-state index in [9.17, 15) is 9.59 Å². The first-order chi connectivity index (χ1) is 13.0. The van der Waals surface area contributed by atoms with Crippen LogP contribution in [-0.4, -0.2) is 41.6 Å². The molecule has 1 unspecified atom stereocenters. The SMILES string of the molecule is CCOC(=O)N1CCCC(C(=O)Nc2nc(-c3ccc(C)cc3C)cs2)C1. The largest absolute Gasteiger partial charge is 0.450 e. The number of nitrogens with zero attached hydrogens (tertiary/aromatic N) is 2. The molecule has 6 nitrogen and oxygen atoms in total. The van der Waals surface area contributed by atoms with E-state index < -0.39 is 0 Å². The van der Waals surface area contributed by atoms with Gasteiger partial charge in [0.2, 0.25) is 5.91 Å². The fourth-order valence-electron chi connectivity index (χ4n) is 3.34. The van der Waals surface area contributed by atoms with Crippen molar-refractivity contribution in [2.75, 3.05) is 25.0 Å². The molecule has 1 aromatic carbocycles. The number of aromatic nitrogens is 1. The molecule has 1 saturated heterocycles. The van der Waals surface area contributed by atoms with Gasteiger partial charge < -0.3 is 15.0 Å². The van der Waals surface area contributed by atoms with Crippen molar-refractivity contribution in [2.24, 2.45) is 5.92 Å². The molecule has 3 rings (SSSR count). The minimum atomic E-state index is -0.346. The van der Waals surface area contributed by atoms with Crippen LogP contribution in [-0.2, 0) is 9.53 Å². The Morgan fingerprint density at radius 2 is 2.19 bits per heavy atom. The van der Waals surface area contributed by atoms with E-state index in [1.807, 2.05) is 5.38 Å². The smallest absolute Gasteiger partial charge is 0.409 e. The van der Waals surface area contributed by atoms with Crippen LogP contribution in [0.15, 0.2) is 23.6 Å². The fraction of sp³-hybridized carbons (Fsp3) is 0.450. The van der Waals surface area contributed by atoms with Gasteiger partial charge in [0, 0.05) is 24.0 Å². The van der Waals surface area contributed by atoms with Crippen molar-refractivity contribution in [2.45, 2.75) is 33.6 Å². The van der Waals surface area contributed by atoms with Crippen LogP contribution in [0.2, 0.25) is 0 Å². The van der Waals surface area contributed by atoms with Gasteiger partial charge in [-0.05, 0) is 39.2 Å². The number of likely N-dealkylation sites (tertiary alicyclic amines) is 1. The maximum absolute atomic E-state index is 12.6. The van der Waals surface area contributed by atoms with Crippen LogP contribution in [0, 0.1) is 19.8 Å². The number of ether oxygens (including phenoxy) is 1. The Kier molecular flexibility index (Phi) is 6.11. The summed E-state index contributed by atoms with van der Waals surface area (Å²) < 4.78 is 5.04. The van der Waals surface area contributed by atoms with Crippen molar-refractivity contribution in [3.05, 3.63) is 34.7 Å². The summed E-state index contributed by atoms with van der Waals surface area (Å²) >= 11 is 1.42. The number of thiazole rings is 1. The number of rotatable bonds is 4. The van der Waals surface area contributed by atoms with Gasteiger partial charge >= 0.3 is 6.09 Å². The minimum Gasteiger partial charge on any atom is -0.450 e. The number of piperidine rings is 1. The maximum atomic E-state index is 12.6. The normalized spacial score (nSPS) is 16.9. The Balaban J connectivity index is 1.64. The van der Waals surface area contributed by atoms with Crippen LogP contribution >= 0.6 is 11.3 Å². The van der Waals surface area contributed by atoms with Crippen LogP contribution in [0.1, 0.15) is 30.9 Å². The first-order valence-corrected chi connectivity index (χ1v) is 10.1. The molecule has 0 saturated carbocycles. The Bertz CT molecular complexity index is 834. The van der Waals surface area contributed by atoms with E-state index in [-0.39, 0.29) is 17.9 Å². The number of benzene rings is 1. The zero-order valence-corrected chi connectivity index (χ0v) is 16.8. The first kappa shape index (κ1) is 19.4. The van der Waals surface area contributed by atoms with Crippen molar-refractivity contribution in [1.29, 1.82) is 0 Å². The summed E-state index contributed by atoms with van der Waals surface area (Å²) in [5, 5.41) is 5.46. The summed E-state index contributed by atoms with van der Waals surface area (Å²) in [6, 6.07) is 6.24. The highest BCUT2D eigenvalue weighted by atomic mass is 32.1. The highest BCUT2D eigenvalue weighted by Gasteiger charge is 2.29. The summed E-state index contributed by atoms with van der Waals surface area (Å²) in [5.74, 6) is -0.331. The lowest BCUT2D eigenvalue weighted by Gasteiger charge is -2.30. The molecule has 1 aromatic heterocycles. The third kappa shape index (κ3) is 4.66. The van der Waals surface area contributed by atoms with Gasteiger partial charge in [0.15, 0.2) is 5.13 Å². The Hall–Kier alpha value is -2.41. The number of anilines is 1. The predicted octanol–water partition coefficient (Wildman–Crippen LogP) is 4.23. The number of nitrogens with one attached hydrogen (secondary N) is 1. The number of hydrogen-bond acceptors (Lipinski definition) is 5. The fourth-order valence-corrected chi connectivity index (χ4v) is 4.05. The van der Waals surface area contributed by atoms with Gasteiger partial charge in [0.25, 0.3) is 0 Å². The second kappa shape index (κ2) is 8.52. The summed E-state index contributed by atoms with van der Waals surface area (Å²) in [5.41, 5.74) is 4.31. The van der Waals surface area contributed by atoms with Crippen molar-refractivity contribution >= 4 is 28.5 Å². The molecule has 0 radical (unpaired) electrons. The molecule has 1 aliphatic heterocycles. The van der Waals surface area contributed by atoms with E-state index in [2.05, 4.69) is 42.3 Å². The number of carbonyl (C=O) groups excluding carboxylic acids is 2. The van der Waals surface area contributed by atoms with Crippen molar-refractivity contribution in [3.8, 4) is 11.3 Å². The highest BCUT2D eigenvalue weighted by molar-refractivity contribution is 7.14. The Morgan fingerprint density at radius 3 is 2.93 bits per heavy atom. The van der Waals surface area contributed by atoms with Gasteiger partial charge in [-0.2, -0.15) is 0 Å². The zero-order chi connectivity index (χ0) is 19.4. The maximum Gasteiger partial charge on any atom is 0.409 e. The monoisotopic (exact) mass is 387 g/mol. The van der Waals surface area contributed by atoms with Gasteiger partial charge in [-0.3, -0.25) is 4.79 Å².